The Bertz CT molecular complexity index is 1000. The Morgan fingerprint density at radius 2 is 1.86 bits per heavy atom. The third-order valence-electron chi connectivity index (χ3n) is 4.70. The molecule has 148 valence electrons. The van der Waals surface area contributed by atoms with Crippen LogP contribution in [0.3, 0.4) is 0 Å². The van der Waals surface area contributed by atoms with Crippen LogP contribution < -0.4 is 15.5 Å². The van der Waals surface area contributed by atoms with Crippen LogP contribution in [0.4, 0.5) is 28.8 Å². The molecule has 2 aromatic carbocycles. The molecule has 1 fully saturated rings. The van der Waals surface area contributed by atoms with Gasteiger partial charge in [0.15, 0.2) is 5.78 Å². The number of hydrogen-bond acceptors (Lipinski definition) is 7. The van der Waals surface area contributed by atoms with Crippen LogP contribution in [-0.4, -0.2) is 42.1 Å². The number of aromatic nitrogens is 2. The zero-order chi connectivity index (χ0) is 20.1. The average molecular weight is 389 g/mol. The summed E-state index contributed by atoms with van der Waals surface area (Å²) in [6.45, 7) is 4.71. The van der Waals surface area contributed by atoms with Crippen molar-refractivity contribution in [3.63, 3.8) is 0 Å². The van der Waals surface area contributed by atoms with Crippen molar-refractivity contribution in [2.45, 2.75) is 6.92 Å². The van der Waals surface area contributed by atoms with Gasteiger partial charge >= 0.3 is 0 Å². The molecule has 29 heavy (non-hydrogen) atoms. The molecule has 0 spiro atoms. The van der Waals surface area contributed by atoms with Crippen LogP contribution in [0, 0.1) is 0 Å². The summed E-state index contributed by atoms with van der Waals surface area (Å²) < 4.78 is 5.46. The van der Waals surface area contributed by atoms with Crippen LogP contribution in [0.15, 0.2) is 60.8 Å². The van der Waals surface area contributed by atoms with E-state index in [1.807, 2.05) is 36.4 Å². The predicted octanol–water partition coefficient (Wildman–Crippen LogP) is 4.00. The standard InChI is InChI=1S/C22H23N5O2/c1-16(28)17-5-4-6-18(15-17)24-21-9-10-23-22(26-21)25-19-7-2-3-8-20(19)27-11-13-29-14-12-27/h2-10,15H,11-14H2,1H3,(H2,23,24,25,26). The van der Waals surface area contributed by atoms with E-state index >= 15 is 0 Å². The first-order valence-electron chi connectivity index (χ1n) is 9.59. The number of Topliss-reactive ketones (excluding diaryl/α,β-unsaturated/α-hetero) is 1. The number of ether oxygens (including phenoxy) is 1. The van der Waals surface area contributed by atoms with Crippen molar-refractivity contribution in [1.82, 2.24) is 9.97 Å². The summed E-state index contributed by atoms with van der Waals surface area (Å²) in [5.74, 6) is 1.17. The third-order valence-corrected chi connectivity index (χ3v) is 4.70. The molecule has 2 heterocycles. The Kier molecular flexibility index (Phi) is 5.67. The highest BCUT2D eigenvalue weighted by atomic mass is 16.5. The first-order valence-corrected chi connectivity index (χ1v) is 9.59. The van der Waals surface area contributed by atoms with Crippen LogP contribution in [0.25, 0.3) is 0 Å². The Morgan fingerprint density at radius 1 is 1.03 bits per heavy atom. The highest BCUT2D eigenvalue weighted by Gasteiger charge is 2.15. The molecule has 0 unspecified atom stereocenters. The van der Waals surface area contributed by atoms with Crippen molar-refractivity contribution in [2.24, 2.45) is 0 Å². The number of nitrogens with one attached hydrogen (secondary N) is 2. The normalized spacial score (nSPS) is 13.8. The maximum atomic E-state index is 11.6. The van der Waals surface area contributed by atoms with Crippen molar-refractivity contribution >= 4 is 34.6 Å². The molecule has 1 aliphatic rings. The van der Waals surface area contributed by atoms with Gasteiger partial charge in [-0.05, 0) is 37.3 Å². The summed E-state index contributed by atoms with van der Waals surface area (Å²) in [5.41, 5.74) is 3.51. The van der Waals surface area contributed by atoms with Gasteiger partial charge in [-0.25, -0.2) is 4.98 Å². The molecule has 3 aromatic rings. The van der Waals surface area contributed by atoms with Gasteiger partial charge in [-0.2, -0.15) is 4.98 Å². The van der Waals surface area contributed by atoms with Gasteiger partial charge in [0.05, 0.1) is 24.6 Å². The fourth-order valence-corrected chi connectivity index (χ4v) is 3.23. The van der Waals surface area contributed by atoms with E-state index in [4.69, 9.17) is 4.74 Å². The first kappa shape index (κ1) is 18.9. The molecule has 0 atom stereocenters. The lowest BCUT2D eigenvalue weighted by atomic mass is 10.1. The zero-order valence-electron chi connectivity index (χ0n) is 16.3. The summed E-state index contributed by atoms with van der Waals surface area (Å²) in [4.78, 5) is 22.8. The maximum Gasteiger partial charge on any atom is 0.229 e. The maximum absolute atomic E-state index is 11.6. The number of ketones is 1. The summed E-state index contributed by atoms with van der Waals surface area (Å²) in [6.07, 6.45) is 1.70. The van der Waals surface area contributed by atoms with Gasteiger partial charge in [0.25, 0.3) is 0 Å². The number of hydrogen-bond donors (Lipinski definition) is 2. The minimum atomic E-state index is 0.0263. The number of morpholine rings is 1. The minimum absolute atomic E-state index is 0.0263. The van der Waals surface area contributed by atoms with Gasteiger partial charge in [0.2, 0.25) is 5.95 Å². The second-order valence-electron chi connectivity index (χ2n) is 6.77. The Morgan fingerprint density at radius 3 is 2.69 bits per heavy atom. The molecule has 0 amide bonds. The van der Waals surface area contributed by atoms with E-state index in [2.05, 4.69) is 31.6 Å². The third kappa shape index (κ3) is 4.70. The van der Waals surface area contributed by atoms with Crippen molar-refractivity contribution in [2.75, 3.05) is 41.8 Å². The van der Waals surface area contributed by atoms with Crippen LogP contribution in [-0.2, 0) is 4.74 Å². The molecule has 7 nitrogen and oxygen atoms in total. The van der Waals surface area contributed by atoms with Crippen molar-refractivity contribution < 1.29 is 9.53 Å². The second kappa shape index (κ2) is 8.70. The van der Waals surface area contributed by atoms with E-state index < -0.39 is 0 Å². The predicted molar refractivity (Wildman–Crippen MR) is 115 cm³/mol. The SMILES string of the molecule is CC(=O)c1cccc(Nc2ccnc(Nc3ccccc3N3CCOCC3)n2)c1. The van der Waals surface area contributed by atoms with E-state index in [9.17, 15) is 4.79 Å². The van der Waals surface area contributed by atoms with Crippen LogP contribution >= 0.6 is 0 Å². The Hall–Kier alpha value is -3.45. The van der Waals surface area contributed by atoms with E-state index in [-0.39, 0.29) is 5.78 Å². The lowest BCUT2D eigenvalue weighted by Crippen LogP contribution is -2.36. The lowest BCUT2D eigenvalue weighted by molar-refractivity contribution is 0.101. The molecule has 0 aliphatic carbocycles. The average Bonchev–Trinajstić information content (AvgIpc) is 2.75. The first-order chi connectivity index (χ1) is 14.2. The molecule has 0 saturated carbocycles. The van der Waals surface area contributed by atoms with Gasteiger partial charge in [0.1, 0.15) is 5.82 Å². The molecular formula is C22H23N5O2. The minimum Gasteiger partial charge on any atom is -0.378 e. The Balaban J connectivity index is 1.53. The second-order valence-corrected chi connectivity index (χ2v) is 6.77. The quantitative estimate of drug-likeness (QED) is 0.617. The number of carbonyl (C=O) groups is 1. The lowest BCUT2D eigenvalue weighted by Gasteiger charge is -2.30. The van der Waals surface area contributed by atoms with E-state index in [0.717, 1.165) is 43.4 Å². The fourth-order valence-electron chi connectivity index (χ4n) is 3.23. The highest BCUT2D eigenvalue weighted by molar-refractivity contribution is 5.95. The zero-order valence-corrected chi connectivity index (χ0v) is 16.3. The summed E-state index contributed by atoms with van der Waals surface area (Å²) >= 11 is 0. The number of nitrogens with zero attached hydrogens (tertiary/aromatic N) is 3. The molecule has 4 rings (SSSR count). The number of rotatable bonds is 6. The molecular weight excluding hydrogens is 366 g/mol. The van der Waals surface area contributed by atoms with Gasteiger partial charge in [-0.3, -0.25) is 4.79 Å². The molecule has 1 aliphatic heterocycles. The topological polar surface area (TPSA) is 79.4 Å². The van der Waals surface area contributed by atoms with Gasteiger partial charge < -0.3 is 20.3 Å². The molecule has 1 aromatic heterocycles. The number of benzene rings is 2. The molecule has 0 bridgehead atoms. The molecule has 1 saturated heterocycles. The highest BCUT2D eigenvalue weighted by Crippen LogP contribution is 2.28. The smallest absolute Gasteiger partial charge is 0.229 e. The molecule has 2 N–H and O–H groups in total. The summed E-state index contributed by atoms with van der Waals surface area (Å²) in [5, 5.41) is 6.56. The van der Waals surface area contributed by atoms with Crippen LogP contribution in [0.5, 0.6) is 0 Å². The molecule has 7 heteroatoms. The van der Waals surface area contributed by atoms with Crippen LogP contribution in [0.1, 0.15) is 17.3 Å². The monoisotopic (exact) mass is 389 g/mol. The Labute approximate surface area is 169 Å². The number of anilines is 5. The van der Waals surface area contributed by atoms with Crippen LogP contribution in [0.2, 0.25) is 0 Å². The van der Waals surface area contributed by atoms with Crippen molar-refractivity contribution in [3.8, 4) is 0 Å². The number of carbonyl (C=O) groups excluding carboxylic acids is 1. The van der Waals surface area contributed by atoms with E-state index in [0.29, 0.717) is 17.3 Å². The summed E-state index contributed by atoms with van der Waals surface area (Å²) in [7, 11) is 0. The molecule has 0 radical (unpaired) electrons. The van der Waals surface area contributed by atoms with Gasteiger partial charge in [-0.15, -0.1) is 0 Å². The summed E-state index contributed by atoms with van der Waals surface area (Å²) in [6, 6.07) is 17.3. The van der Waals surface area contributed by atoms with Gasteiger partial charge in [-0.1, -0.05) is 24.3 Å². The largest absolute Gasteiger partial charge is 0.378 e. The van der Waals surface area contributed by atoms with E-state index in [1.54, 1.807) is 25.3 Å². The van der Waals surface area contributed by atoms with Crippen molar-refractivity contribution in [1.29, 1.82) is 0 Å². The van der Waals surface area contributed by atoms with E-state index in [1.165, 1.54) is 0 Å². The fraction of sp³-hybridized carbons (Fsp3) is 0.227. The van der Waals surface area contributed by atoms with Gasteiger partial charge in [0, 0.05) is 30.5 Å². The van der Waals surface area contributed by atoms with Crippen molar-refractivity contribution in [3.05, 3.63) is 66.4 Å². The number of para-hydroxylation sites is 2.